The van der Waals surface area contributed by atoms with Crippen LogP contribution >= 0.6 is 0 Å². The van der Waals surface area contributed by atoms with E-state index in [2.05, 4.69) is 10.6 Å². The number of benzene rings is 1. The standard InChI is InChI=1S/C10H13N3O4/c1-17-7-6-11-10(14)12-8-2-4-9(5-3-8)13(15)16/h2-5H,6-7H2,1H3,(H2,11,12,14). The Hall–Kier alpha value is -2.15. The predicted octanol–water partition coefficient (Wildman–Crippen LogP) is 1.36. The third-order valence-corrected chi connectivity index (χ3v) is 1.93. The Morgan fingerprint density at radius 1 is 1.41 bits per heavy atom. The van der Waals surface area contributed by atoms with Crippen molar-refractivity contribution in [3.63, 3.8) is 0 Å². The molecule has 0 heterocycles. The SMILES string of the molecule is COCCNC(=O)Nc1ccc([N+](=O)[O-])cc1. The van der Waals surface area contributed by atoms with E-state index in [9.17, 15) is 14.9 Å². The van der Waals surface area contributed by atoms with Gasteiger partial charge in [0.2, 0.25) is 0 Å². The van der Waals surface area contributed by atoms with E-state index in [0.29, 0.717) is 18.8 Å². The topological polar surface area (TPSA) is 93.5 Å². The van der Waals surface area contributed by atoms with Gasteiger partial charge >= 0.3 is 6.03 Å². The summed E-state index contributed by atoms with van der Waals surface area (Å²) in [5, 5.41) is 15.5. The summed E-state index contributed by atoms with van der Waals surface area (Å²) in [6.45, 7) is 0.822. The van der Waals surface area contributed by atoms with E-state index in [1.807, 2.05) is 0 Å². The number of anilines is 1. The lowest BCUT2D eigenvalue weighted by molar-refractivity contribution is -0.384. The smallest absolute Gasteiger partial charge is 0.319 e. The molecule has 1 aromatic rings. The van der Waals surface area contributed by atoms with E-state index in [1.54, 1.807) is 0 Å². The maximum atomic E-state index is 11.3. The van der Waals surface area contributed by atoms with E-state index in [0.717, 1.165) is 0 Å². The Morgan fingerprint density at radius 3 is 2.59 bits per heavy atom. The first-order chi connectivity index (χ1) is 8.13. The van der Waals surface area contributed by atoms with Crippen LogP contribution in [0.3, 0.4) is 0 Å². The molecule has 2 N–H and O–H groups in total. The number of carbonyl (C=O) groups is 1. The quantitative estimate of drug-likeness (QED) is 0.461. The van der Waals surface area contributed by atoms with Crippen LogP contribution in [-0.4, -0.2) is 31.2 Å². The minimum Gasteiger partial charge on any atom is -0.383 e. The van der Waals surface area contributed by atoms with Crippen molar-refractivity contribution in [3.05, 3.63) is 34.4 Å². The van der Waals surface area contributed by atoms with Crippen molar-refractivity contribution in [2.45, 2.75) is 0 Å². The Morgan fingerprint density at radius 2 is 2.06 bits per heavy atom. The molecule has 7 nitrogen and oxygen atoms in total. The second kappa shape index (κ2) is 6.44. The average Bonchev–Trinajstić information content (AvgIpc) is 2.30. The molecule has 0 aliphatic rings. The minimum atomic E-state index is -0.498. The molecule has 17 heavy (non-hydrogen) atoms. The molecule has 92 valence electrons. The maximum absolute atomic E-state index is 11.3. The van der Waals surface area contributed by atoms with Gasteiger partial charge < -0.3 is 15.4 Å². The average molecular weight is 239 g/mol. The lowest BCUT2D eigenvalue weighted by Crippen LogP contribution is -2.31. The molecule has 0 atom stereocenters. The number of hydrogen-bond acceptors (Lipinski definition) is 4. The summed E-state index contributed by atoms with van der Waals surface area (Å²) in [4.78, 5) is 21.2. The zero-order valence-corrected chi connectivity index (χ0v) is 9.30. The van der Waals surface area contributed by atoms with Gasteiger partial charge in [0.25, 0.3) is 5.69 Å². The molecule has 0 aliphatic heterocycles. The molecule has 0 bridgehead atoms. The molecular weight excluding hydrogens is 226 g/mol. The first kappa shape index (κ1) is 12.9. The number of nitro benzene ring substituents is 1. The highest BCUT2D eigenvalue weighted by molar-refractivity contribution is 5.89. The molecule has 0 unspecified atom stereocenters. The van der Waals surface area contributed by atoms with Crippen molar-refractivity contribution in [2.24, 2.45) is 0 Å². The van der Waals surface area contributed by atoms with Gasteiger partial charge in [0.05, 0.1) is 11.5 Å². The largest absolute Gasteiger partial charge is 0.383 e. The van der Waals surface area contributed by atoms with Gasteiger partial charge in [0.15, 0.2) is 0 Å². The molecule has 1 rings (SSSR count). The Balaban J connectivity index is 2.46. The molecule has 0 radical (unpaired) electrons. The summed E-state index contributed by atoms with van der Waals surface area (Å²) in [5.74, 6) is 0. The summed E-state index contributed by atoms with van der Waals surface area (Å²) >= 11 is 0. The molecule has 1 aromatic carbocycles. The van der Waals surface area contributed by atoms with Gasteiger partial charge in [-0.3, -0.25) is 10.1 Å². The number of carbonyl (C=O) groups excluding carboxylic acids is 1. The van der Waals surface area contributed by atoms with Gasteiger partial charge in [-0.2, -0.15) is 0 Å². The van der Waals surface area contributed by atoms with E-state index in [1.165, 1.54) is 31.4 Å². The second-order valence-corrected chi connectivity index (χ2v) is 3.18. The van der Waals surface area contributed by atoms with Gasteiger partial charge in [0.1, 0.15) is 0 Å². The van der Waals surface area contributed by atoms with Crippen molar-refractivity contribution in [3.8, 4) is 0 Å². The third kappa shape index (κ3) is 4.47. The molecule has 7 heteroatoms. The lowest BCUT2D eigenvalue weighted by atomic mass is 10.3. The fraction of sp³-hybridized carbons (Fsp3) is 0.300. The molecule has 0 saturated heterocycles. The normalized spacial score (nSPS) is 9.71. The number of hydrogen-bond donors (Lipinski definition) is 2. The van der Waals surface area contributed by atoms with Crippen molar-refractivity contribution >= 4 is 17.4 Å². The monoisotopic (exact) mass is 239 g/mol. The van der Waals surface area contributed by atoms with Crippen LogP contribution in [0.1, 0.15) is 0 Å². The number of methoxy groups -OCH3 is 1. The first-order valence-corrected chi connectivity index (χ1v) is 4.91. The van der Waals surface area contributed by atoms with Crippen LogP contribution in [-0.2, 0) is 4.74 Å². The zero-order chi connectivity index (χ0) is 12.7. The van der Waals surface area contributed by atoms with Crippen molar-refractivity contribution < 1.29 is 14.5 Å². The van der Waals surface area contributed by atoms with Crippen LogP contribution in [0, 0.1) is 10.1 Å². The number of nitrogens with zero attached hydrogens (tertiary/aromatic N) is 1. The maximum Gasteiger partial charge on any atom is 0.319 e. The predicted molar refractivity (Wildman–Crippen MR) is 62.0 cm³/mol. The molecule has 0 saturated carbocycles. The molecular formula is C10H13N3O4. The molecule has 0 aromatic heterocycles. The Labute approximate surface area is 97.9 Å². The number of non-ortho nitro benzene ring substituents is 1. The van der Waals surface area contributed by atoms with Gasteiger partial charge in [-0.05, 0) is 12.1 Å². The summed E-state index contributed by atoms with van der Waals surface area (Å²) in [6, 6.07) is 5.20. The number of nitrogens with one attached hydrogen (secondary N) is 2. The number of ether oxygens (including phenoxy) is 1. The number of rotatable bonds is 5. The van der Waals surface area contributed by atoms with E-state index in [4.69, 9.17) is 4.74 Å². The van der Waals surface area contributed by atoms with E-state index in [-0.39, 0.29) is 11.7 Å². The molecule has 0 fully saturated rings. The van der Waals surface area contributed by atoms with Gasteiger partial charge in [-0.25, -0.2) is 4.79 Å². The van der Waals surface area contributed by atoms with Crippen LogP contribution in [0.5, 0.6) is 0 Å². The van der Waals surface area contributed by atoms with Crippen molar-refractivity contribution in [1.29, 1.82) is 0 Å². The Bertz CT molecular complexity index is 391. The van der Waals surface area contributed by atoms with E-state index < -0.39 is 4.92 Å². The lowest BCUT2D eigenvalue weighted by Gasteiger charge is -2.06. The summed E-state index contributed by atoms with van der Waals surface area (Å²) in [5.41, 5.74) is 0.473. The minimum absolute atomic E-state index is 0.0182. The first-order valence-electron chi connectivity index (χ1n) is 4.91. The van der Waals surface area contributed by atoms with Gasteiger partial charge in [-0.1, -0.05) is 0 Å². The fourth-order valence-electron chi connectivity index (χ4n) is 1.11. The molecule has 0 spiro atoms. The number of urea groups is 1. The highest BCUT2D eigenvalue weighted by Crippen LogP contribution is 2.14. The molecule has 2 amide bonds. The van der Waals surface area contributed by atoms with Gasteiger partial charge in [-0.15, -0.1) is 0 Å². The fourth-order valence-corrected chi connectivity index (χ4v) is 1.11. The summed E-state index contributed by atoms with van der Waals surface area (Å²) < 4.78 is 4.77. The highest BCUT2D eigenvalue weighted by atomic mass is 16.6. The van der Waals surface area contributed by atoms with Crippen molar-refractivity contribution in [1.82, 2.24) is 5.32 Å². The summed E-state index contributed by atoms with van der Waals surface area (Å²) in [6.07, 6.45) is 0. The third-order valence-electron chi connectivity index (χ3n) is 1.93. The number of amides is 2. The van der Waals surface area contributed by atoms with Crippen LogP contribution in [0.25, 0.3) is 0 Å². The second-order valence-electron chi connectivity index (χ2n) is 3.18. The zero-order valence-electron chi connectivity index (χ0n) is 9.30. The summed E-state index contributed by atoms with van der Waals surface area (Å²) in [7, 11) is 1.54. The van der Waals surface area contributed by atoms with Gasteiger partial charge in [0, 0.05) is 31.5 Å². The Kier molecular flexibility index (Phi) is 4.89. The highest BCUT2D eigenvalue weighted by Gasteiger charge is 2.05. The molecule has 0 aliphatic carbocycles. The van der Waals surface area contributed by atoms with Crippen LogP contribution in [0.15, 0.2) is 24.3 Å². The van der Waals surface area contributed by atoms with Crippen molar-refractivity contribution in [2.75, 3.05) is 25.6 Å². The number of nitro groups is 1. The van der Waals surface area contributed by atoms with Crippen LogP contribution < -0.4 is 10.6 Å². The van der Waals surface area contributed by atoms with Crippen LogP contribution in [0.4, 0.5) is 16.2 Å². The van der Waals surface area contributed by atoms with E-state index >= 15 is 0 Å². The van der Waals surface area contributed by atoms with Crippen LogP contribution in [0.2, 0.25) is 0 Å².